The van der Waals surface area contributed by atoms with E-state index in [1.807, 2.05) is 25.1 Å². The number of hydrogen-bond acceptors (Lipinski definition) is 5. The summed E-state index contributed by atoms with van der Waals surface area (Å²) in [5, 5.41) is -0.0733. The molecule has 0 aliphatic carbocycles. The largest absolute Gasteiger partial charge is 0.573 e. The first kappa shape index (κ1) is 22.4. The summed E-state index contributed by atoms with van der Waals surface area (Å²) in [4.78, 5) is 4.36. The van der Waals surface area contributed by atoms with Crippen LogP contribution in [0.1, 0.15) is 12.5 Å². The average Bonchev–Trinajstić information content (AvgIpc) is 2.69. The molecule has 1 aliphatic heterocycles. The fourth-order valence-corrected chi connectivity index (χ4v) is 3.83. The standard InChI is InChI=1S/C21H24ClF3N2O3/c1-14-12-26(13-15-4-7-18(28-2)20(10-15)29-3)8-9-27(14)16-5-6-17(22)19(11-16)30-21(23,24)25/h4-7,10-11,14H,8-9,12-13H2,1-3H3. The molecule has 164 valence electrons. The molecule has 2 aromatic rings. The second-order valence-electron chi connectivity index (χ2n) is 7.13. The molecule has 5 nitrogen and oxygen atoms in total. The molecule has 0 radical (unpaired) electrons. The highest BCUT2D eigenvalue weighted by molar-refractivity contribution is 6.32. The molecule has 0 spiro atoms. The number of hydrogen-bond donors (Lipinski definition) is 0. The fourth-order valence-electron chi connectivity index (χ4n) is 3.67. The van der Waals surface area contributed by atoms with E-state index in [0.717, 1.165) is 25.2 Å². The third kappa shape index (κ3) is 5.43. The van der Waals surface area contributed by atoms with Crippen LogP contribution in [-0.2, 0) is 6.54 Å². The Morgan fingerprint density at radius 1 is 1.00 bits per heavy atom. The zero-order valence-electron chi connectivity index (χ0n) is 17.0. The van der Waals surface area contributed by atoms with Crippen LogP contribution < -0.4 is 19.1 Å². The molecule has 1 aliphatic rings. The van der Waals surface area contributed by atoms with Gasteiger partial charge in [0.1, 0.15) is 5.75 Å². The fraction of sp³-hybridized carbons (Fsp3) is 0.429. The molecule has 2 aromatic carbocycles. The molecule has 1 fully saturated rings. The molecule has 3 rings (SSSR count). The highest BCUT2D eigenvalue weighted by Gasteiger charge is 2.33. The molecule has 0 aromatic heterocycles. The van der Waals surface area contributed by atoms with E-state index < -0.39 is 6.36 Å². The Bertz CT molecular complexity index is 879. The normalized spacial score (nSPS) is 17.7. The second-order valence-corrected chi connectivity index (χ2v) is 7.54. The van der Waals surface area contributed by atoms with E-state index >= 15 is 0 Å². The van der Waals surface area contributed by atoms with Crippen molar-refractivity contribution in [2.75, 3.05) is 38.8 Å². The van der Waals surface area contributed by atoms with E-state index in [2.05, 4.69) is 14.5 Å². The maximum absolute atomic E-state index is 12.6. The Morgan fingerprint density at radius 3 is 2.37 bits per heavy atom. The van der Waals surface area contributed by atoms with Crippen molar-refractivity contribution in [1.29, 1.82) is 0 Å². The lowest BCUT2D eigenvalue weighted by Gasteiger charge is -2.41. The zero-order chi connectivity index (χ0) is 21.9. The van der Waals surface area contributed by atoms with Gasteiger partial charge >= 0.3 is 6.36 Å². The number of alkyl halides is 3. The van der Waals surface area contributed by atoms with Gasteiger partial charge in [-0.05, 0) is 36.8 Å². The second kappa shape index (κ2) is 9.22. The first-order chi connectivity index (χ1) is 14.2. The molecule has 0 N–H and O–H groups in total. The monoisotopic (exact) mass is 444 g/mol. The third-order valence-corrected chi connectivity index (χ3v) is 5.35. The van der Waals surface area contributed by atoms with Crippen LogP contribution in [0, 0.1) is 0 Å². The average molecular weight is 445 g/mol. The quantitative estimate of drug-likeness (QED) is 0.628. The first-order valence-electron chi connectivity index (χ1n) is 9.45. The van der Waals surface area contributed by atoms with E-state index in [1.54, 1.807) is 20.3 Å². The smallest absolute Gasteiger partial charge is 0.493 e. The summed E-state index contributed by atoms with van der Waals surface area (Å²) in [5.41, 5.74) is 1.75. The van der Waals surface area contributed by atoms with Gasteiger partial charge in [0.2, 0.25) is 0 Å². The SMILES string of the molecule is COc1ccc(CN2CCN(c3ccc(Cl)c(OC(F)(F)F)c3)C(C)C2)cc1OC. The molecule has 1 atom stereocenters. The van der Waals surface area contributed by atoms with Crippen molar-refractivity contribution in [2.45, 2.75) is 25.9 Å². The van der Waals surface area contributed by atoms with Crippen LogP contribution in [0.2, 0.25) is 5.02 Å². The van der Waals surface area contributed by atoms with Crippen molar-refractivity contribution in [3.05, 3.63) is 47.0 Å². The number of piperazine rings is 1. The van der Waals surface area contributed by atoms with Gasteiger partial charge in [-0.15, -0.1) is 13.2 Å². The lowest BCUT2D eigenvalue weighted by molar-refractivity contribution is -0.274. The van der Waals surface area contributed by atoms with Crippen molar-refractivity contribution >= 4 is 17.3 Å². The number of halogens is 4. The van der Waals surface area contributed by atoms with Gasteiger partial charge in [0.25, 0.3) is 0 Å². The summed E-state index contributed by atoms with van der Waals surface area (Å²) in [6.07, 6.45) is -4.79. The molecule has 0 bridgehead atoms. The van der Waals surface area contributed by atoms with Crippen LogP contribution in [0.25, 0.3) is 0 Å². The number of methoxy groups -OCH3 is 2. The van der Waals surface area contributed by atoms with Crippen LogP contribution in [0.5, 0.6) is 17.2 Å². The van der Waals surface area contributed by atoms with Gasteiger partial charge in [0.05, 0.1) is 19.2 Å². The summed E-state index contributed by atoms with van der Waals surface area (Å²) in [5.74, 6) is 0.973. The van der Waals surface area contributed by atoms with Gasteiger partial charge in [-0.1, -0.05) is 17.7 Å². The molecule has 1 unspecified atom stereocenters. The van der Waals surface area contributed by atoms with Gasteiger partial charge in [0, 0.05) is 44.0 Å². The third-order valence-electron chi connectivity index (χ3n) is 5.04. The Morgan fingerprint density at radius 2 is 1.73 bits per heavy atom. The van der Waals surface area contributed by atoms with Gasteiger partial charge < -0.3 is 19.1 Å². The summed E-state index contributed by atoms with van der Waals surface area (Å²) in [6, 6.07) is 10.4. The maximum Gasteiger partial charge on any atom is 0.573 e. The summed E-state index contributed by atoms with van der Waals surface area (Å²) in [7, 11) is 3.20. The number of nitrogens with zero attached hydrogens (tertiary/aromatic N) is 2. The van der Waals surface area contributed by atoms with Crippen LogP contribution in [0.4, 0.5) is 18.9 Å². The minimum Gasteiger partial charge on any atom is -0.493 e. The molecule has 9 heteroatoms. The van der Waals surface area contributed by atoms with Crippen LogP contribution >= 0.6 is 11.6 Å². The highest BCUT2D eigenvalue weighted by Crippen LogP contribution is 2.35. The van der Waals surface area contributed by atoms with Crippen molar-refractivity contribution in [3.63, 3.8) is 0 Å². The van der Waals surface area contributed by atoms with E-state index in [9.17, 15) is 13.2 Å². The number of anilines is 1. The maximum atomic E-state index is 12.6. The molecule has 0 amide bonds. The van der Waals surface area contributed by atoms with Crippen molar-refractivity contribution in [3.8, 4) is 17.2 Å². The van der Waals surface area contributed by atoms with E-state index in [1.165, 1.54) is 12.1 Å². The van der Waals surface area contributed by atoms with Gasteiger partial charge in [-0.2, -0.15) is 0 Å². The summed E-state index contributed by atoms with van der Waals surface area (Å²) < 4.78 is 52.5. The first-order valence-corrected chi connectivity index (χ1v) is 9.83. The Hall–Kier alpha value is -2.32. The molecule has 1 saturated heterocycles. The number of ether oxygens (including phenoxy) is 3. The molecular weight excluding hydrogens is 421 g/mol. The van der Waals surface area contributed by atoms with Crippen molar-refractivity contribution in [2.24, 2.45) is 0 Å². The topological polar surface area (TPSA) is 34.2 Å². The predicted octanol–water partition coefficient (Wildman–Crippen LogP) is 4.97. The Balaban J connectivity index is 1.68. The predicted molar refractivity (Wildman–Crippen MR) is 110 cm³/mol. The Kier molecular flexibility index (Phi) is 6.88. The van der Waals surface area contributed by atoms with Crippen LogP contribution in [-0.4, -0.2) is 51.2 Å². The molecular formula is C21H24ClF3N2O3. The number of benzene rings is 2. The molecule has 0 saturated carbocycles. The highest BCUT2D eigenvalue weighted by atomic mass is 35.5. The van der Waals surface area contributed by atoms with Gasteiger partial charge in [-0.3, -0.25) is 4.90 Å². The number of rotatable bonds is 6. The lowest BCUT2D eigenvalue weighted by atomic mass is 10.1. The minimum atomic E-state index is -4.79. The van der Waals surface area contributed by atoms with Crippen molar-refractivity contribution < 1.29 is 27.4 Å². The summed E-state index contributed by atoms with van der Waals surface area (Å²) in [6.45, 7) is 4.96. The Labute approximate surface area is 178 Å². The van der Waals surface area contributed by atoms with E-state index in [4.69, 9.17) is 21.1 Å². The molecule has 1 heterocycles. The minimum absolute atomic E-state index is 0.0733. The van der Waals surface area contributed by atoms with Crippen molar-refractivity contribution in [1.82, 2.24) is 4.90 Å². The van der Waals surface area contributed by atoms with Crippen LogP contribution in [0.15, 0.2) is 36.4 Å². The van der Waals surface area contributed by atoms with E-state index in [-0.39, 0.29) is 16.8 Å². The van der Waals surface area contributed by atoms with Crippen LogP contribution in [0.3, 0.4) is 0 Å². The zero-order valence-corrected chi connectivity index (χ0v) is 17.8. The van der Waals surface area contributed by atoms with E-state index in [0.29, 0.717) is 23.7 Å². The summed E-state index contributed by atoms with van der Waals surface area (Å²) >= 11 is 5.87. The molecule has 30 heavy (non-hydrogen) atoms. The lowest BCUT2D eigenvalue weighted by Crippen LogP contribution is -2.51. The van der Waals surface area contributed by atoms with Gasteiger partial charge in [-0.25, -0.2) is 0 Å². The van der Waals surface area contributed by atoms with Gasteiger partial charge in [0.15, 0.2) is 11.5 Å².